The van der Waals surface area contributed by atoms with Crippen molar-refractivity contribution >= 4 is 31.5 Å². The molecule has 8 heteroatoms. The van der Waals surface area contributed by atoms with Gasteiger partial charge in [0.15, 0.2) is 13.9 Å². The number of ether oxygens (including phenoxy) is 1. The van der Waals surface area contributed by atoms with E-state index in [0.29, 0.717) is 25.9 Å². The molecular formula is C33H50N2O5Si. The van der Waals surface area contributed by atoms with E-state index in [1.807, 2.05) is 48.0 Å². The van der Waals surface area contributed by atoms with E-state index in [-0.39, 0.29) is 29.9 Å². The van der Waals surface area contributed by atoms with E-state index < -0.39 is 20.0 Å². The third kappa shape index (κ3) is 6.41. The van der Waals surface area contributed by atoms with Crippen molar-refractivity contribution in [2.45, 2.75) is 109 Å². The van der Waals surface area contributed by atoms with Crippen LogP contribution in [0.5, 0.6) is 0 Å². The minimum atomic E-state index is -2.77. The zero-order valence-electron chi connectivity index (χ0n) is 25.9. The Labute approximate surface area is 247 Å². The van der Waals surface area contributed by atoms with Gasteiger partial charge in [0.2, 0.25) is 5.91 Å². The molecule has 2 amide bonds. The minimum Gasteiger partial charge on any atom is -0.432 e. The molecule has 2 N–H and O–H groups in total. The summed E-state index contributed by atoms with van der Waals surface area (Å²) < 4.78 is 6.77. The van der Waals surface area contributed by atoms with Crippen LogP contribution in [0.25, 0.3) is 0 Å². The average Bonchev–Trinajstić information content (AvgIpc) is 3.31. The van der Waals surface area contributed by atoms with Gasteiger partial charge in [-0.15, -0.1) is 0 Å². The normalized spacial score (nSPS) is 27.3. The Hall–Kier alpha value is -2.26. The molecule has 2 fully saturated rings. The van der Waals surface area contributed by atoms with Gasteiger partial charge in [-0.2, -0.15) is 0 Å². The van der Waals surface area contributed by atoms with Gasteiger partial charge in [-0.05, 0) is 84.2 Å². The van der Waals surface area contributed by atoms with Gasteiger partial charge >= 0.3 is 0 Å². The lowest BCUT2D eigenvalue weighted by atomic mass is 9.82. The Morgan fingerprint density at radius 3 is 2.54 bits per heavy atom. The van der Waals surface area contributed by atoms with Crippen LogP contribution in [0.1, 0.15) is 84.6 Å². The fourth-order valence-electron chi connectivity index (χ4n) is 7.18. The van der Waals surface area contributed by atoms with Gasteiger partial charge in [-0.3, -0.25) is 9.59 Å². The number of hydrogen-bond donors (Lipinski definition) is 2. The van der Waals surface area contributed by atoms with Crippen LogP contribution in [0.2, 0.25) is 18.6 Å². The summed E-state index contributed by atoms with van der Waals surface area (Å²) in [5.41, 5.74) is 3.42. The van der Waals surface area contributed by atoms with E-state index in [9.17, 15) is 19.5 Å². The van der Waals surface area contributed by atoms with E-state index in [2.05, 4.69) is 32.9 Å². The highest BCUT2D eigenvalue weighted by molar-refractivity contribution is 6.71. The van der Waals surface area contributed by atoms with Crippen molar-refractivity contribution in [3.05, 3.63) is 47.1 Å². The number of aliphatic hydroxyl groups excluding tert-OH is 1. The van der Waals surface area contributed by atoms with Crippen molar-refractivity contribution in [1.29, 1.82) is 0 Å². The van der Waals surface area contributed by atoms with Crippen LogP contribution < -0.4 is 9.80 Å². The van der Waals surface area contributed by atoms with E-state index in [4.69, 9.17) is 4.74 Å². The van der Waals surface area contributed by atoms with Crippen LogP contribution >= 0.6 is 0 Å². The van der Waals surface area contributed by atoms with Crippen LogP contribution in [0.15, 0.2) is 41.5 Å². The maximum atomic E-state index is 14.5. The minimum absolute atomic E-state index is 0.0743. The zero-order valence-corrected chi connectivity index (χ0v) is 26.9. The highest BCUT2D eigenvalue weighted by Crippen LogP contribution is 2.60. The maximum Gasteiger partial charge on any atom is 0.264 e. The predicted molar refractivity (Wildman–Crippen MR) is 168 cm³/mol. The van der Waals surface area contributed by atoms with Crippen molar-refractivity contribution in [2.24, 2.45) is 5.92 Å². The molecule has 226 valence electrons. The average molecular weight is 583 g/mol. The molecule has 2 saturated heterocycles. The molecule has 7 nitrogen and oxygen atoms in total. The third-order valence-electron chi connectivity index (χ3n) is 9.23. The molecule has 1 spiro atoms. The molecule has 0 saturated carbocycles. The molecule has 3 aliphatic heterocycles. The summed E-state index contributed by atoms with van der Waals surface area (Å²) in [7, 11) is -2.77. The topological polar surface area (TPSA) is 90.3 Å². The number of rotatable bonds is 9. The summed E-state index contributed by atoms with van der Waals surface area (Å²) in [5, 5.41) is 9.89. The summed E-state index contributed by atoms with van der Waals surface area (Å²) in [5.74, 6) is -0.286. The van der Waals surface area contributed by atoms with Gasteiger partial charge in [-0.25, -0.2) is 0 Å². The first-order valence-corrected chi connectivity index (χ1v) is 18.5. The monoisotopic (exact) mass is 582 g/mol. The van der Waals surface area contributed by atoms with Crippen LogP contribution in [0.3, 0.4) is 0 Å². The number of carbonyl (C=O) groups is 2. The van der Waals surface area contributed by atoms with Gasteiger partial charge in [0.05, 0.1) is 11.8 Å². The number of nitrogens with zero attached hydrogens (tertiary/aromatic N) is 2. The van der Waals surface area contributed by atoms with E-state index >= 15 is 0 Å². The van der Waals surface area contributed by atoms with Gasteiger partial charge in [-0.1, -0.05) is 43.1 Å². The second kappa shape index (κ2) is 12.9. The summed E-state index contributed by atoms with van der Waals surface area (Å²) in [6.07, 6.45) is 10.8. The summed E-state index contributed by atoms with van der Waals surface area (Å²) in [4.78, 5) is 42.7. The van der Waals surface area contributed by atoms with Crippen LogP contribution in [-0.2, 0) is 19.9 Å². The molecule has 0 bridgehead atoms. The van der Waals surface area contributed by atoms with Crippen LogP contribution in [-0.4, -0.2) is 55.8 Å². The van der Waals surface area contributed by atoms with Gasteiger partial charge in [0.1, 0.15) is 0 Å². The number of carbonyl (C=O) groups excluding carboxylic acids is 2. The molecule has 0 unspecified atom stereocenters. The number of hydrogen-bond acceptors (Lipinski definition) is 5. The van der Waals surface area contributed by atoms with Crippen molar-refractivity contribution in [1.82, 2.24) is 0 Å². The Balaban J connectivity index is 1.78. The Morgan fingerprint density at radius 1 is 1.12 bits per heavy atom. The fraction of sp³-hybridized carbons (Fsp3) is 0.636. The maximum absolute atomic E-state index is 14.5. The van der Waals surface area contributed by atoms with Gasteiger partial charge in [0, 0.05) is 48.8 Å². The number of benzene rings is 1. The molecule has 0 radical (unpaired) electrons. The molecule has 3 heterocycles. The summed E-state index contributed by atoms with van der Waals surface area (Å²) in [6, 6.07) is 5.94. The lowest BCUT2D eigenvalue weighted by Gasteiger charge is -2.32. The number of anilines is 2. The molecule has 4 rings (SSSR count). The second-order valence-electron chi connectivity index (χ2n) is 13.1. The molecular weight excluding hydrogens is 532 g/mol. The fourth-order valence-corrected chi connectivity index (χ4v) is 9.78. The molecule has 0 aromatic heterocycles. The van der Waals surface area contributed by atoms with Gasteiger partial charge < -0.3 is 24.4 Å². The van der Waals surface area contributed by atoms with E-state index in [0.717, 1.165) is 55.5 Å². The molecule has 0 aliphatic carbocycles. The van der Waals surface area contributed by atoms with Crippen molar-refractivity contribution < 1.29 is 24.2 Å². The predicted octanol–water partition coefficient (Wildman–Crippen LogP) is 6.20. The highest BCUT2D eigenvalue weighted by Gasteiger charge is 2.66. The number of aliphatic hydroxyl groups is 1. The summed E-state index contributed by atoms with van der Waals surface area (Å²) in [6.45, 7) is 13.1. The standard InChI is InChI=1S/C33H50N2O5Si/c1-23(2)12-11-13-24(3)17-20-35-28-16-15-26(34-19-10-8-7-9-14-30(34)37)22-27(28)33(32(35)38)25(4)31(41(5,6)39)29(40-33)18-21-36/h12,15-17,22,25,29,31,36,39H,7-11,13-14,18-21H2,1-6H3/b24-17+/t25-,29+,31-,33+/m0/s1. The summed E-state index contributed by atoms with van der Waals surface area (Å²) >= 11 is 0. The van der Waals surface area contributed by atoms with Crippen molar-refractivity contribution in [3.8, 4) is 0 Å². The van der Waals surface area contributed by atoms with E-state index in [1.54, 1.807) is 0 Å². The first-order valence-electron chi connectivity index (χ1n) is 15.5. The largest absolute Gasteiger partial charge is 0.432 e. The molecule has 4 atom stereocenters. The molecule has 41 heavy (non-hydrogen) atoms. The second-order valence-corrected chi connectivity index (χ2v) is 17.0. The SMILES string of the molecule is CC(C)=CCC/C(C)=C/CN1C(=O)[C@]2(O[C@H](CCO)[C@@H]([Si](C)(C)O)[C@@H]2C)c2cc(N3CCCCCCC3=O)ccc21. The Kier molecular flexibility index (Phi) is 9.99. The Morgan fingerprint density at radius 2 is 1.85 bits per heavy atom. The number of allylic oxidation sites excluding steroid dienone is 3. The molecule has 1 aromatic rings. The first kappa shape index (κ1) is 31.7. The molecule has 3 aliphatic rings. The van der Waals surface area contributed by atoms with Crippen molar-refractivity contribution in [3.63, 3.8) is 0 Å². The van der Waals surface area contributed by atoms with E-state index in [1.165, 1.54) is 11.1 Å². The third-order valence-corrected chi connectivity index (χ3v) is 11.7. The van der Waals surface area contributed by atoms with Gasteiger partial charge in [0.25, 0.3) is 5.91 Å². The number of fused-ring (bicyclic) bond motifs is 2. The van der Waals surface area contributed by atoms with Crippen LogP contribution in [0.4, 0.5) is 11.4 Å². The smallest absolute Gasteiger partial charge is 0.264 e. The zero-order chi connectivity index (χ0) is 29.9. The quantitative estimate of drug-likeness (QED) is 0.267. The first-order chi connectivity index (χ1) is 19.4. The Bertz CT molecular complexity index is 1180. The molecule has 1 aromatic carbocycles. The van der Waals surface area contributed by atoms with Crippen LogP contribution in [0, 0.1) is 5.92 Å². The number of amides is 2. The lowest BCUT2D eigenvalue weighted by molar-refractivity contribution is -0.146. The lowest BCUT2D eigenvalue weighted by Crippen LogP contribution is -2.46. The van der Waals surface area contributed by atoms with Crippen molar-refractivity contribution in [2.75, 3.05) is 29.5 Å². The highest BCUT2D eigenvalue weighted by atomic mass is 28.4.